The van der Waals surface area contributed by atoms with Gasteiger partial charge < -0.3 is 14.8 Å². The number of anilines is 1. The average molecular weight is 263 g/mol. The van der Waals surface area contributed by atoms with E-state index >= 15 is 0 Å². The molecule has 2 rings (SSSR count). The second-order valence-electron chi connectivity index (χ2n) is 4.11. The van der Waals surface area contributed by atoms with Crippen LogP contribution in [0.2, 0.25) is 0 Å². The third-order valence-electron chi connectivity index (χ3n) is 2.92. The molecule has 0 bridgehead atoms. The lowest BCUT2D eigenvalue weighted by atomic mass is 10.1. The lowest BCUT2D eigenvalue weighted by Gasteiger charge is -2.26. The quantitative estimate of drug-likeness (QED) is 0.641. The van der Waals surface area contributed by atoms with Crippen LogP contribution in [0.1, 0.15) is 12.0 Å². The third kappa shape index (κ3) is 2.74. The van der Waals surface area contributed by atoms with Crippen molar-refractivity contribution >= 4 is 11.4 Å². The molecule has 7 heteroatoms. The zero-order valence-corrected chi connectivity index (χ0v) is 10.4. The Morgan fingerprint density at radius 3 is 2.89 bits per heavy atom. The van der Waals surface area contributed by atoms with Gasteiger partial charge in [-0.3, -0.25) is 10.1 Å². The minimum Gasteiger partial charge on any atom is -0.490 e. The van der Waals surface area contributed by atoms with Gasteiger partial charge in [0, 0.05) is 19.2 Å². The van der Waals surface area contributed by atoms with Gasteiger partial charge in [0.25, 0.3) is 0 Å². The van der Waals surface area contributed by atoms with E-state index in [9.17, 15) is 10.1 Å². The maximum Gasteiger partial charge on any atom is 0.333 e. The lowest BCUT2D eigenvalue weighted by Crippen LogP contribution is -2.33. The summed E-state index contributed by atoms with van der Waals surface area (Å²) >= 11 is 0. The summed E-state index contributed by atoms with van der Waals surface area (Å²) in [7, 11) is 1.34. The summed E-state index contributed by atoms with van der Waals surface area (Å²) in [6.07, 6.45) is 0.993. The summed E-state index contributed by atoms with van der Waals surface area (Å²) in [5.41, 5.74) is 0.414. The standard InChI is InChI=1S/C12H13N3O4/c1-18-11-5-8(6-13)4-10(12(11)15(16)17)14-7-9-2-3-19-9/h4-5,9,14H,2-3,7H2,1H3. The van der Waals surface area contributed by atoms with Crippen molar-refractivity contribution in [3.05, 3.63) is 27.8 Å². The van der Waals surface area contributed by atoms with Gasteiger partial charge in [0.2, 0.25) is 0 Å². The average Bonchev–Trinajstić information content (AvgIpc) is 2.35. The number of nitrogens with one attached hydrogen (secondary N) is 1. The summed E-state index contributed by atoms with van der Waals surface area (Å²) < 4.78 is 10.2. The predicted octanol–water partition coefficient (Wildman–Crippen LogP) is 1.68. The van der Waals surface area contributed by atoms with Crippen molar-refractivity contribution in [1.29, 1.82) is 5.26 Å². The normalized spacial score (nSPS) is 17.2. The van der Waals surface area contributed by atoms with E-state index in [2.05, 4.69) is 5.32 Å². The molecule has 1 saturated heterocycles. The molecule has 1 aromatic carbocycles. The second-order valence-corrected chi connectivity index (χ2v) is 4.11. The van der Waals surface area contributed by atoms with Crippen molar-refractivity contribution in [2.45, 2.75) is 12.5 Å². The highest BCUT2D eigenvalue weighted by Crippen LogP contribution is 2.36. The van der Waals surface area contributed by atoms with Gasteiger partial charge in [-0.05, 0) is 12.5 Å². The van der Waals surface area contributed by atoms with Gasteiger partial charge in [0.1, 0.15) is 5.69 Å². The smallest absolute Gasteiger partial charge is 0.333 e. The maximum absolute atomic E-state index is 11.1. The molecule has 1 aromatic rings. The molecule has 7 nitrogen and oxygen atoms in total. The van der Waals surface area contributed by atoms with Crippen molar-refractivity contribution < 1.29 is 14.4 Å². The molecule has 1 aliphatic rings. The van der Waals surface area contributed by atoms with Crippen molar-refractivity contribution in [3.63, 3.8) is 0 Å². The zero-order valence-electron chi connectivity index (χ0n) is 10.4. The fourth-order valence-corrected chi connectivity index (χ4v) is 1.82. The van der Waals surface area contributed by atoms with Gasteiger partial charge in [-0.15, -0.1) is 0 Å². The number of nitrogens with zero attached hydrogens (tertiary/aromatic N) is 2. The Hall–Kier alpha value is -2.33. The number of nitro groups is 1. The van der Waals surface area contributed by atoms with Crippen LogP contribution in [0.15, 0.2) is 12.1 Å². The van der Waals surface area contributed by atoms with E-state index in [0.29, 0.717) is 12.1 Å². The Kier molecular flexibility index (Phi) is 3.82. The molecule has 0 saturated carbocycles. The van der Waals surface area contributed by atoms with Crippen molar-refractivity contribution in [2.24, 2.45) is 0 Å². The van der Waals surface area contributed by atoms with Gasteiger partial charge in [0.15, 0.2) is 5.75 Å². The number of hydrogen-bond donors (Lipinski definition) is 1. The number of rotatable bonds is 5. The second kappa shape index (κ2) is 5.54. The molecule has 0 aromatic heterocycles. The summed E-state index contributed by atoms with van der Waals surface area (Å²) in [5, 5.41) is 23.0. The van der Waals surface area contributed by atoms with Gasteiger partial charge in [0.05, 0.1) is 29.8 Å². The molecule has 0 aliphatic carbocycles. The van der Waals surface area contributed by atoms with E-state index in [1.54, 1.807) is 0 Å². The molecular weight excluding hydrogens is 250 g/mol. The molecular formula is C12H13N3O4. The van der Waals surface area contributed by atoms with Crippen LogP contribution >= 0.6 is 0 Å². The Bertz CT molecular complexity index is 535. The van der Waals surface area contributed by atoms with Crippen LogP contribution in [-0.4, -0.2) is 31.3 Å². The summed E-state index contributed by atoms with van der Waals surface area (Å²) in [6.45, 7) is 1.19. The highest BCUT2D eigenvalue weighted by molar-refractivity contribution is 5.71. The van der Waals surface area contributed by atoms with E-state index in [1.165, 1.54) is 19.2 Å². The first-order valence-corrected chi connectivity index (χ1v) is 5.77. The van der Waals surface area contributed by atoms with Crippen LogP contribution in [0.5, 0.6) is 5.75 Å². The Morgan fingerprint density at radius 2 is 2.42 bits per heavy atom. The van der Waals surface area contributed by atoms with Crippen LogP contribution in [-0.2, 0) is 4.74 Å². The van der Waals surface area contributed by atoms with E-state index < -0.39 is 4.92 Å². The van der Waals surface area contributed by atoms with Crippen LogP contribution in [0, 0.1) is 21.4 Å². The minimum atomic E-state index is -0.524. The van der Waals surface area contributed by atoms with E-state index in [-0.39, 0.29) is 23.2 Å². The Balaban J connectivity index is 2.31. The maximum atomic E-state index is 11.1. The molecule has 1 unspecified atom stereocenters. The lowest BCUT2D eigenvalue weighted by molar-refractivity contribution is -0.384. The molecule has 0 radical (unpaired) electrons. The summed E-state index contributed by atoms with van der Waals surface area (Å²) in [6, 6.07) is 4.74. The number of nitro benzene ring substituents is 1. The summed E-state index contributed by atoms with van der Waals surface area (Å²) in [5.74, 6) is 0.0704. The van der Waals surface area contributed by atoms with Crippen molar-refractivity contribution in [1.82, 2.24) is 0 Å². The number of benzene rings is 1. The molecule has 0 amide bonds. The molecule has 1 N–H and O–H groups in total. The molecule has 100 valence electrons. The zero-order chi connectivity index (χ0) is 13.8. The number of nitriles is 1. The fourth-order valence-electron chi connectivity index (χ4n) is 1.82. The predicted molar refractivity (Wildman–Crippen MR) is 67.2 cm³/mol. The molecule has 0 spiro atoms. The van der Waals surface area contributed by atoms with E-state index in [1.807, 2.05) is 6.07 Å². The van der Waals surface area contributed by atoms with Crippen LogP contribution < -0.4 is 10.1 Å². The Morgan fingerprint density at radius 1 is 1.68 bits per heavy atom. The topological polar surface area (TPSA) is 97.4 Å². The SMILES string of the molecule is COc1cc(C#N)cc(NCC2CCO2)c1[N+](=O)[O-]. The highest BCUT2D eigenvalue weighted by atomic mass is 16.6. The highest BCUT2D eigenvalue weighted by Gasteiger charge is 2.24. The first-order valence-electron chi connectivity index (χ1n) is 5.77. The molecule has 1 heterocycles. The van der Waals surface area contributed by atoms with Crippen molar-refractivity contribution in [3.8, 4) is 11.8 Å². The van der Waals surface area contributed by atoms with Crippen LogP contribution in [0.3, 0.4) is 0 Å². The number of ether oxygens (including phenoxy) is 2. The van der Waals surface area contributed by atoms with Gasteiger partial charge in [-0.2, -0.15) is 5.26 Å². The van der Waals surface area contributed by atoms with Crippen LogP contribution in [0.4, 0.5) is 11.4 Å². The largest absolute Gasteiger partial charge is 0.490 e. The number of methoxy groups -OCH3 is 1. The Labute approximate surface area is 109 Å². The molecule has 19 heavy (non-hydrogen) atoms. The first-order chi connectivity index (χ1) is 9.15. The third-order valence-corrected chi connectivity index (χ3v) is 2.92. The van der Waals surface area contributed by atoms with Gasteiger partial charge in [-0.1, -0.05) is 0 Å². The van der Waals surface area contributed by atoms with Gasteiger partial charge >= 0.3 is 5.69 Å². The molecule has 1 atom stereocenters. The first kappa shape index (κ1) is 13.1. The van der Waals surface area contributed by atoms with Gasteiger partial charge in [-0.25, -0.2) is 0 Å². The monoisotopic (exact) mass is 263 g/mol. The number of hydrogen-bond acceptors (Lipinski definition) is 6. The van der Waals surface area contributed by atoms with Crippen molar-refractivity contribution in [2.75, 3.05) is 25.6 Å². The molecule has 1 fully saturated rings. The van der Waals surface area contributed by atoms with E-state index in [4.69, 9.17) is 14.7 Å². The minimum absolute atomic E-state index is 0.0661. The molecule has 1 aliphatic heterocycles. The summed E-state index contributed by atoms with van der Waals surface area (Å²) in [4.78, 5) is 10.6. The van der Waals surface area contributed by atoms with Crippen LogP contribution in [0.25, 0.3) is 0 Å². The fraction of sp³-hybridized carbons (Fsp3) is 0.417. The van der Waals surface area contributed by atoms with E-state index in [0.717, 1.165) is 13.0 Å².